The zero-order chi connectivity index (χ0) is 19.4. The minimum Gasteiger partial charge on any atom is -0.354 e. The van der Waals surface area contributed by atoms with Crippen molar-refractivity contribution in [3.8, 4) is 11.1 Å². The molecule has 1 saturated heterocycles. The van der Waals surface area contributed by atoms with Crippen LogP contribution in [0.3, 0.4) is 0 Å². The summed E-state index contributed by atoms with van der Waals surface area (Å²) in [5.41, 5.74) is 13.8. The van der Waals surface area contributed by atoms with E-state index >= 15 is 0 Å². The van der Waals surface area contributed by atoms with Crippen LogP contribution in [0.15, 0.2) is 42.6 Å². The van der Waals surface area contributed by atoms with Crippen molar-refractivity contribution in [1.29, 1.82) is 0 Å². The van der Waals surface area contributed by atoms with E-state index in [9.17, 15) is 4.79 Å². The Morgan fingerprint density at radius 1 is 1.15 bits per heavy atom. The Bertz CT molecular complexity index is 779. The number of ketones is 1. The summed E-state index contributed by atoms with van der Waals surface area (Å²) in [4.78, 5) is 21.2. The van der Waals surface area contributed by atoms with Crippen LogP contribution in [0.25, 0.3) is 11.1 Å². The molecular weight excluding hydrogens is 338 g/mol. The number of carbonyl (C=O) groups excluding carboxylic acids is 1. The Hall–Kier alpha value is -2.28. The molecule has 2 heterocycles. The van der Waals surface area contributed by atoms with Crippen molar-refractivity contribution in [3.63, 3.8) is 0 Å². The zero-order valence-corrected chi connectivity index (χ0v) is 16.2. The average Bonchev–Trinajstić information content (AvgIpc) is 2.68. The number of rotatable bonds is 6. The maximum absolute atomic E-state index is 11.9. The molecule has 0 spiro atoms. The fourth-order valence-electron chi connectivity index (χ4n) is 3.40. The first-order chi connectivity index (χ1) is 12.9. The van der Waals surface area contributed by atoms with Crippen LogP contribution in [-0.4, -0.2) is 61.0 Å². The van der Waals surface area contributed by atoms with Crippen LogP contribution in [0, 0.1) is 0 Å². The Morgan fingerprint density at radius 3 is 2.52 bits per heavy atom. The maximum Gasteiger partial charge on any atom is 0.166 e. The zero-order valence-electron chi connectivity index (χ0n) is 16.2. The average molecular weight is 367 g/mol. The van der Waals surface area contributed by atoms with E-state index in [2.05, 4.69) is 46.1 Å². The summed E-state index contributed by atoms with van der Waals surface area (Å²) < 4.78 is 0. The van der Waals surface area contributed by atoms with Crippen molar-refractivity contribution >= 4 is 11.6 Å². The van der Waals surface area contributed by atoms with Gasteiger partial charge in [0.1, 0.15) is 5.82 Å². The molecule has 1 aromatic heterocycles. The van der Waals surface area contributed by atoms with Gasteiger partial charge in [-0.1, -0.05) is 24.3 Å². The molecule has 27 heavy (non-hydrogen) atoms. The predicted octanol–water partition coefficient (Wildman–Crippen LogP) is 1.29. The van der Waals surface area contributed by atoms with E-state index in [-0.39, 0.29) is 12.3 Å². The third-order valence-corrected chi connectivity index (χ3v) is 5.23. The number of nitrogens with two attached hydrogens (primary N) is 2. The van der Waals surface area contributed by atoms with Gasteiger partial charge in [0, 0.05) is 37.9 Å². The Kier molecular flexibility index (Phi) is 5.89. The molecule has 1 atom stereocenters. The van der Waals surface area contributed by atoms with E-state index in [1.807, 2.05) is 18.3 Å². The largest absolute Gasteiger partial charge is 0.354 e. The predicted molar refractivity (Wildman–Crippen MR) is 110 cm³/mol. The first-order valence-corrected chi connectivity index (χ1v) is 9.40. The molecule has 1 aliphatic heterocycles. The van der Waals surface area contributed by atoms with Crippen LogP contribution in [0.4, 0.5) is 5.82 Å². The summed E-state index contributed by atoms with van der Waals surface area (Å²) >= 11 is 0. The maximum atomic E-state index is 11.9. The van der Waals surface area contributed by atoms with Crippen LogP contribution < -0.4 is 16.4 Å². The fraction of sp³-hybridized carbons (Fsp3) is 0.429. The van der Waals surface area contributed by atoms with Crippen molar-refractivity contribution < 1.29 is 4.79 Å². The number of anilines is 1. The third-order valence-electron chi connectivity index (χ3n) is 5.23. The molecule has 2 aromatic rings. The van der Waals surface area contributed by atoms with Crippen LogP contribution in [0.5, 0.6) is 0 Å². The number of benzene rings is 1. The number of nitrogens with zero attached hydrogens (tertiary/aromatic N) is 3. The summed E-state index contributed by atoms with van der Waals surface area (Å²) in [6.07, 6.45) is 2.38. The minimum atomic E-state index is -0.948. The lowest BCUT2D eigenvalue weighted by atomic mass is 9.88. The normalized spacial score (nSPS) is 17.6. The van der Waals surface area contributed by atoms with E-state index in [0.717, 1.165) is 48.7 Å². The van der Waals surface area contributed by atoms with Gasteiger partial charge in [0.2, 0.25) is 0 Å². The minimum absolute atomic E-state index is 0.0373. The van der Waals surface area contributed by atoms with E-state index in [1.54, 1.807) is 6.92 Å². The number of pyridine rings is 1. The molecular formula is C21H29N5O. The van der Waals surface area contributed by atoms with Gasteiger partial charge in [0.15, 0.2) is 5.78 Å². The highest BCUT2D eigenvalue weighted by Crippen LogP contribution is 2.24. The summed E-state index contributed by atoms with van der Waals surface area (Å²) in [6, 6.07) is 12.3. The van der Waals surface area contributed by atoms with Crippen LogP contribution in [0.2, 0.25) is 0 Å². The van der Waals surface area contributed by atoms with Crippen molar-refractivity contribution in [2.45, 2.75) is 18.9 Å². The summed E-state index contributed by atoms with van der Waals surface area (Å²) in [6.45, 7) is 5.83. The summed E-state index contributed by atoms with van der Waals surface area (Å²) in [5.74, 6) is 0.886. The van der Waals surface area contributed by atoms with Gasteiger partial charge in [-0.15, -0.1) is 0 Å². The third kappa shape index (κ3) is 4.71. The lowest BCUT2D eigenvalue weighted by Crippen LogP contribution is -2.49. The van der Waals surface area contributed by atoms with E-state index in [4.69, 9.17) is 11.5 Å². The van der Waals surface area contributed by atoms with Crippen molar-refractivity contribution in [1.82, 2.24) is 9.88 Å². The second-order valence-electron chi connectivity index (χ2n) is 7.62. The molecule has 1 aliphatic rings. The first-order valence-electron chi connectivity index (χ1n) is 9.40. The van der Waals surface area contributed by atoms with Crippen molar-refractivity contribution in [3.05, 3.63) is 48.2 Å². The number of piperazine rings is 1. The van der Waals surface area contributed by atoms with Gasteiger partial charge in [0.05, 0.1) is 12.1 Å². The van der Waals surface area contributed by atoms with Crippen LogP contribution in [-0.2, 0) is 11.2 Å². The highest BCUT2D eigenvalue weighted by molar-refractivity contribution is 5.89. The van der Waals surface area contributed by atoms with Crippen molar-refractivity contribution in [2.24, 2.45) is 11.5 Å². The van der Waals surface area contributed by atoms with E-state index < -0.39 is 5.54 Å². The number of carbonyl (C=O) groups is 1. The molecule has 0 aliphatic carbocycles. The topological polar surface area (TPSA) is 88.5 Å². The van der Waals surface area contributed by atoms with E-state index in [1.165, 1.54) is 0 Å². The van der Waals surface area contributed by atoms with E-state index in [0.29, 0.717) is 6.42 Å². The molecule has 6 nitrogen and oxygen atoms in total. The molecule has 1 fully saturated rings. The Labute approximate surface area is 161 Å². The molecule has 0 bridgehead atoms. The monoisotopic (exact) mass is 367 g/mol. The number of likely N-dealkylation sites (N-methyl/N-ethyl adjacent to an activating group) is 1. The molecule has 0 saturated carbocycles. The van der Waals surface area contributed by atoms with Gasteiger partial charge in [-0.2, -0.15) is 0 Å². The van der Waals surface area contributed by atoms with Gasteiger partial charge >= 0.3 is 0 Å². The number of hydrogen-bond acceptors (Lipinski definition) is 6. The number of aromatic nitrogens is 1. The van der Waals surface area contributed by atoms with Gasteiger partial charge < -0.3 is 21.3 Å². The van der Waals surface area contributed by atoms with Crippen LogP contribution >= 0.6 is 0 Å². The Balaban J connectivity index is 1.74. The molecule has 0 amide bonds. The summed E-state index contributed by atoms with van der Waals surface area (Å²) in [7, 11) is 2.15. The van der Waals surface area contributed by atoms with Gasteiger partial charge in [-0.3, -0.25) is 4.79 Å². The number of Topliss-reactive ketones (excluding diaryl/α,β-unsaturated/α-hetero) is 1. The molecule has 1 unspecified atom stereocenters. The lowest BCUT2D eigenvalue weighted by molar-refractivity contribution is -0.122. The lowest BCUT2D eigenvalue weighted by Gasteiger charge is -2.33. The van der Waals surface area contributed by atoms with Gasteiger partial charge in [-0.05, 0) is 43.7 Å². The molecule has 4 N–H and O–H groups in total. The molecule has 6 heteroatoms. The molecule has 144 valence electrons. The highest BCUT2D eigenvalue weighted by Gasteiger charge is 2.27. The summed E-state index contributed by atoms with van der Waals surface area (Å²) in [5, 5.41) is 0. The van der Waals surface area contributed by atoms with Gasteiger partial charge in [0.25, 0.3) is 0 Å². The quantitative estimate of drug-likeness (QED) is 0.800. The standard InChI is InChI=1S/C21H29N5O/c1-21(23,19(27)14-22)13-16-4-3-5-17(12-16)18-6-7-20(24-15-18)26-10-8-25(2)9-11-26/h3-7,12,15H,8-11,13-14,22-23H2,1-2H3. The number of hydrogen-bond donors (Lipinski definition) is 2. The molecule has 3 rings (SSSR count). The highest BCUT2D eigenvalue weighted by atomic mass is 16.1. The fourth-order valence-corrected chi connectivity index (χ4v) is 3.40. The SMILES string of the molecule is CN1CCN(c2ccc(-c3cccc(CC(C)(N)C(=O)CN)c3)cn2)CC1. The Morgan fingerprint density at radius 2 is 1.89 bits per heavy atom. The first kappa shape index (κ1) is 19.5. The van der Waals surface area contributed by atoms with Crippen molar-refractivity contribution in [2.75, 3.05) is 44.7 Å². The second kappa shape index (κ2) is 8.17. The van der Waals surface area contributed by atoms with Crippen LogP contribution in [0.1, 0.15) is 12.5 Å². The molecule has 1 aromatic carbocycles. The second-order valence-corrected chi connectivity index (χ2v) is 7.62. The molecule has 0 radical (unpaired) electrons. The van der Waals surface area contributed by atoms with Gasteiger partial charge in [-0.25, -0.2) is 4.98 Å². The smallest absolute Gasteiger partial charge is 0.166 e.